The second-order valence-corrected chi connectivity index (χ2v) is 4.94. The van der Waals surface area contributed by atoms with Crippen molar-refractivity contribution >= 4 is 0 Å². The van der Waals surface area contributed by atoms with Crippen LogP contribution in [0.2, 0.25) is 0 Å². The lowest BCUT2D eigenvalue weighted by molar-refractivity contribution is 0.140. The number of ether oxygens (including phenoxy) is 1. The van der Waals surface area contributed by atoms with Gasteiger partial charge in [-0.2, -0.15) is 0 Å². The van der Waals surface area contributed by atoms with Crippen molar-refractivity contribution in [3.05, 3.63) is 34.9 Å². The molecule has 1 N–H and O–H groups in total. The molecule has 0 aromatic heterocycles. The maximum absolute atomic E-state index is 14.2. The summed E-state index contributed by atoms with van der Waals surface area (Å²) in [4.78, 5) is 0. The first-order valence-corrected chi connectivity index (χ1v) is 7.37. The third kappa shape index (κ3) is 4.84. The van der Waals surface area contributed by atoms with E-state index in [9.17, 15) is 8.78 Å². The Balaban J connectivity index is 2.83. The van der Waals surface area contributed by atoms with Gasteiger partial charge in [-0.1, -0.05) is 13.0 Å². The number of hydrogen-bond donors (Lipinski definition) is 1. The van der Waals surface area contributed by atoms with Crippen molar-refractivity contribution in [1.82, 2.24) is 5.32 Å². The zero-order valence-electron chi connectivity index (χ0n) is 12.6. The SMILES string of the molecule is CCCNC(CCCOCC)c1c(F)ccc(C)c1F. The molecule has 0 radical (unpaired) electrons. The van der Waals surface area contributed by atoms with Gasteiger partial charge in [0.05, 0.1) is 0 Å². The molecule has 0 aliphatic carbocycles. The molecule has 0 amide bonds. The zero-order chi connectivity index (χ0) is 15.0. The summed E-state index contributed by atoms with van der Waals surface area (Å²) in [7, 11) is 0. The van der Waals surface area contributed by atoms with E-state index in [0.717, 1.165) is 19.4 Å². The van der Waals surface area contributed by atoms with Gasteiger partial charge < -0.3 is 10.1 Å². The highest BCUT2D eigenvalue weighted by molar-refractivity contribution is 5.29. The van der Waals surface area contributed by atoms with Crippen LogP contribution in [-0.4, -0.2) is 19.8 Å². The second-order valence-electron chi connectivity index (χ2n) is 4.94. The van der Waals surface area contributed by atoms with Gasteiger partial charge >= 0.3 is 0 Å². The molecule has 1 rings (SSSR count). The predicted molar refractivity (Wildman–Crippen MR) is 77.9 cm³/mol. The van der Waals surface area contributed by atoms with Gasteiger partial charge in [0, 0.05) is 24.8 Å². The van der Waals surface area contributed by atoms with Gasteiger partial charge in [-0.15, -0.1) is 0 Å². The van der Waals surface area contributed by atoms with E-state index in [0.29, 0.717) is 25.2 Å². The Morgan fingerprint density at radius 3 is 2.65 bits per heavy atom. The van der Waals surface area contributed by atoms with E-state index in [1.807, 2.05) is 13.8 Å². The van der Waals surface area contributed by atoms with Crippen LogP contribution in [0.4, 0.5) is 8.78 Å². The number of rotatable bonds is 9. The quantitative estimate of drug-likeness (QED) is 0.689. The van der Waals surface area contributed by atoms with Gasteiger partial charge in [0.1, 0.15) is 11.6 Å². The molecule has 1 aromatic carbocycles. The van der Waals surface area contributed by atoms with Crippen molar-refractivity contribution in [2.45, 2.75) is 46.1 Å². The topological polar surface area (TPSA) is 21.3 Å². The Kier molecular flexibility index (Phi) is 7.70. The average molecular weight is 285 g/mol. The van der Waals surface area contributed by atoms with Gasteiger partial charge in [0.15, 0.2) is 0 Å². The fraction of sp³-hybridized carbons (Fsp3) is 0.625. The minimum atomic E-state index is -0.474. The summed E-state index contributed by atoms with van der Waals surface area (Å²) in [6.07, 6.45) is 2.37. The van der Waals surface area contributed by atoms with E-state index in [1.165, 1.54) is 12.1 Å². The Bertz CT molecular complexity index is 410. The summed E-state index contributed by atoms with van der Waals surface area (Å²) in [5.41, 5.74) is 0.643. The molecule has 1 aromatic rings. The highest BCUT2D eigenvalue weighted by Gasteiger charge is 2.20. The van der Waals surface area contributed by atoms with Crippen LogP contribution in [0.25, 0.3) is 0 Å². The van der Waals surface area contributed by atoms with Crippen LogP contribution < -0.4 is 5.32 Å². The van der Waals surface area contributed by atoms with Crippen molar-refractivity contribution < 1.29 is 13.5 Å². The van der Waals surface area contributed by atoms with Crippen molar-refractivity contribution in [3.8, 4) is 0 Å². The number of hydrogen-bond acceptors (Lipinski definition) is 2. The molecular formula is C16H25F2NO. The van der Waals surface area contributed by atoms with E-state index in [2.05, 4.69) is 5.32 Å². The molecule has 0 spiro atoms. The summed E-state index contributed by atoms with van der Waals surface area (Å²) < 4.78 is 33.5. The van der Waals surface area contributed by atoms with Crippen LogP contribution in [0.5, 0.6) is 0 Å². The summed E-state index contributed by atoms with van der Waals surface area (Å²) in [5.74, 6) is -0.909. The third-order valence-corrected chi connectivity index (χ3v) is 3.29. The lowest BCUT2D eigenvalue weighted by Crippen LogP contribution is -2.25. The maximum atomic E-state index is 14.2. The summed E-state index contributed by atoms with van der Waals surface area (Å²) >= 11 is 0. The molecule has 1 unspecified atom stereocenters. The van der Waals surface area contributed by atoms with Gasteiger partial charge in [-0.25, -0.2) is 8.78 Å². The molecule has 0 aliphatic rings. The minimum absolute atomic E-state index is 0.162. The highest BCUT2D eigenvalue weighted by atomic mass is 19.1. The fourth-order valence-electron chi connectivity index (χ4n) is 2.20. The first kappa shape index (κ1) is 17.1. The van der Waals surface area contributed by atoms with Crippen molar-refractivity contribution in [3.63, 3.8) is 0 Å². The molecule has 114 valence electrons. The summed E-state index contributed by atoms with van der Waals surface area (Å²) in [5, 5.41) is 3.24. The van der Waals surface area contributed by atoms with Crippen LogP contribution >= 0.6 is 0 Å². The van der Waals surface area contributed by atoms with Crippen LogP contribution in [0.1, 0.15) is 50.3 Å². The Morgan fingerprint density at radius 2 is 2.00 bits per heavy atom. The minimum Gasteiger partial charge on any atom is -0.382 e. The average Bonchev–Trinajstić information content (AvgIpc) is 2.44. The number of aryl methyl sites for hydroxylation is 1. The van der Waals surface area contributed by atoms with E-state index in [-0.39, 0.29) is 11.6 Å². The molecule has 4 heteroatoms. The van der Waals surface area contributed by atoms with Crippen molar-refractivity contribution in [1.29, 1.82) is 0 Å². The van der Waals surface area contributed by atoms with Crippen LogP contribution in [0, 0.1) is 18.6 Å². The maximum Gasteiger partial charge on any atom is 0.133 e. The van der Waals surface area contributed by atoms with Crippen LogP contribution in [0.15, 0.2) is 12.1 Å². The van der Waals surface area contributed by atoms with Crippen molar-refractivity contribution in [2.24, 2.45) is 0 Å². The molecule has 2 nitrogen and oxygen atoms in total. The molecular weight excluding hydrogens is 260 g/mol. The Labute approximate surface area is 120 Å². The van der Waals surface area contributed by atoms with Crippen molar-refractivity contribution in [2.75, 3.05) is 19.8 Å². The fourth-order valence-corrected chi connectivity index (χ4v) is 2.20. The molecule has 0 saturated carbocycles. The predicted octanol–water partition coefficient (Wildman–Crippen LogP) is 4.13. The lowest BCUT2D eigenvalue weighted by atomic mass is 9.98. The Morgan fingerprint density at radius 1 is 1.25 bits per heavy atom. The molecule has 0 bridgehead atoms. The Hall–Kier alpha value is -1.00. The number of benzene rings is 1. The van der Waals surface area contributed by atoms with E-state index >= 15 is 0 Å². The largest absolute Gasteiger partial charge is 0.382 e. The molecule has 0 fully saturated rings. The molecule has 0 heterocycles. The molecule has 20 heavy (non-hydrogen) atoms. The first-order valence-electron chi connectivity index (χ1n) is 7.37. The second kappa shape index (κ2) is 9.03. The van der Waals surface area contributed by atoms with E-state index < -0.39 is 11.6 Å². The molecule has 0 saturated heterocycles. The van der Waals surface area contributed by atoms with Gasteiger partial charge in [-0.05, 0) is 51.3 Å². The molecule has 1 atom stereocenters. The number of nitrogens with one attached hydrogen (secondary N) is 1. The van der Waals surface area contributed by atoms with E-state index in [1.54, 1.807) is 6.92 Å². The highest BCUT2D eigenvalue weighted by Crippen LogP contribution is 2.26. The number of halogens is 2. The monoisotopic (exact) mass is 285 g/mol. The lowest BCUT2D eigenvalue weighted by Gasteiger charge is -2.21. The zero-order valence-corrected chi connectivity index (χ0v) is 12.6. The van der Waals surface area contributed by atoms with Gasteiger partial charge in [-0.3, -0.25) is 0 Å². The standard InChI is InChI=1S/C16H25F2NO/c1-4-10-19-14(7-6-11-20-5-2)15-13(17)9-8-12(3)16(15)18/h8-9,14,19H,4-7,10-11H2,1-3H3. The molecule has 0 aliphatic heterocycles. The van der Waals surface area contributed by atoms with Gasteiger partial charge in [0.25, 0.3) is 0 Å². The van der Waals surface area contributed by atoms with Crippen LogP contribution in [-0.2, 0) is 4.74 Å². The van der Waals surface area contributed by atoms with Gasteiger partial charge in [0.2, 0.25) is 0 Å². The summed E-state index contributed by atoms with van der Waals surface area (Å²) in [6, 6.07) is 2.53. The first-order chi connectivity index (χ1) is 9.61. The van der Waals surface area contributed by atoms with E-state index in [4.69, 9.17) is 4.74 Å². The smallest absolute Gasteiger partial charge is 0.133 e. The summed E-state index contributed by atoms with van der Waals surface area (Å²) in [6.45, 7) is 7.66. The normalized spacial score (nSPS) is 12.7. The van der Waals surface area contributed by atoms with Crippen LogP contribution in [0.3, 0.4) is 0 Å². The third-order valence-electron chi connectivity index (χ3n) is 3.29.